The van der Waals surface area contributed by atoms with Crippen LogP contribution in [-0.4, -0.2) is 42.7 Å². The van der Waals surface area contributed by atoms with Gasteiger partial charge in [-0.3, -0.25) is 18.7 Å². The summed E-state index contributed by atoms with van der Waals surface area (Å²) in [6.07, 6.45) is -0.863. The summed E-state index contributed by atoms with van der Waals surface area (Å²) in [5, 5.41) is 2.82. The van der Waals surface area contributed by atoms with Gasteiger partial charge in [0.15, 0.2) is 6.10 Å². The van der Waals surface area contributed by atoms with E-state index < -0.39 is 44.6 Å². The molecule has 0 aliphatic carbocycles. The fourth-order valence-corrected chi connectivity index (χ4v) is 7.20. The van der Waals surface area contributed by atoms with Gasteiger partial charge in [0.25, 0.3) is 5.91 Å². The zero-order valence-corrected chi connectivity index (χ0v) is 21.7. The molecule has 8 heteroatoms. The number of nitrogens with one attached hydrogen (secondary N) is 1. The summed E-state index contributed by atoms with van der Waals surface area (Å²) in [4.78, 5) is 39.5. The molecule has 2 saturated heterocycles. The van der Waals surface area contributed by atoms with Gasteiger partial charge in [-0.05, 0) is 44.0 Å². The maximum Gasteiger partial charge on any atom is 0.331 e. The normalized spacial score (nSPS) is 23.8. The highest BCUT2D eigenvalue weighted by atomic mass is 32.2. The second-order valence-corrected chi connectivity index (χ2v) is 12.2. The van der Waals surface area contributed by atoms with Gasteiger partial charge in [-0.2, -0.15) is 0 Å². The molecule has 37 heavy (non-hydrogen) atoms. The number of aryl methyl sites for hydroxylation is 1. The summed E-state index contributed by atoms with van der Waals surface area (Å²) in [7, 11) is -1.78. The van der Waals surface area contributed by atoms with Gasteiger partial charge in [0.1, 0.15) is 6.04 Å². The molecule has 190 valence electrons. The number of ether oxygens (including phenoxy) is 1. The Labute approximate surface area is 218 Å². The van der Waals surface area contributed by atoms with Crippen LogP contribution in [0.4, 0.5) is 0 Å². The van der Waals surface area contributed by atoms with E-state index in [9.17, 15) is 18.6 Å². The monoisotopic (exact) mass is 516 g/mol. The Hall–Kier alpha value is -3.78. The Morgan fingerprint density at radius 3 is 2.00 bits per heavy atom. The Kier molecular flexibility index (Phi) is 6.23. The number of amides is 2. The number of rotatable bonds is 6. The number of β-lactam (4-membered cyclic amide) rings is 1. The molecule has 5 rings (SSSR count). The lowest BCUT2D eigenvalue weighted by Gasteiger charge is -2.47. The minimum absolute atomic E-state index is 0.148. The Balaban J connectivity index is 1.46. The molecule has 2 aliphatic heterocycles. The summed E-state index contributed by atoms with van der Waals surface area (Å²) in [5.41, 5.74) is 2.92. The Bertz CT molecular complexity index is 1330. The number of carbonyl (C=O) groups is 3. The van der Waals surface area contributed by atoms with E-state index >= 15 is 0 Å². The summed E-state index contributed by atoms with van der Waals surface area (Å²) in [5.74, 6) is -1.49. The molecule has 0 aromatic heterocycles. The van der Waals surface area contributed by atoms with Crippen molar-refractivity contribution < 1.29 is 23.3 Å². The molecular formula is C29H28N2O5S. The van der Waals surface area contributed by atoms with Crippen LogP contribution in [0.25, 0.3) is 0 Å². The minimum atomic E-state index is -1.78. The molecule has 2 aliphatic rings. The predicted octanol–water partition coefficient (Wildman–Crippen LogP) is 3.85. The van der Waals surface area contributed by atoms with Crippen molar-refractivity contribution in [3.05, 3.63) is 107 Å². The summed E-state index contributed by atoms with van der Waals surface area (Å²) in [6.45, 7) is 5.25. The number of benzene rings is 3. The first-order valence-electron chi connectivity index (χ1n) is 12.1. The minimum Gasteiger partial charge on any atom is -0.451 e. The van der Waals surface area contributed by atoms with Gasteiger partial charge < -0.3 is 10.1 Å². The zero-order chi connectivity index (χ0) is 26.4. The van der Waals surface area contributed by atoms with Crippen LogP contribution in [0.15, 0.2) is 84.9 Å². The Morgan fingerprint density at radius 2 is 1.49 bits per heavy atom. The molecule has 2 amide bonds. The van der Waals surface area contributed by atoms with E-state index in [1.165, 1.54) is 4.90 Å². The molecule has 0 bridgehead atoms. The van der Waals surface area contributed by atoms with Crippen molar-refractivity contribution in [2.75, 3.05) is 0 Å². The van der Waals surface area contributed by atoms with Gasteiger partial charge in [0, 0.05) is 5.56 Å². The second kappa shape index (κ2) is 9.27. The van der Waals surface area contributed by atoms with Crippen LogP contribution in [0.5, 0.6) is 0 Å². The molecule has 1 N–H and O–H groups in total. The number of carbonyl (C=O) groups excluding carboxylic acids is 3. The van der Waals surface area contributed by atoms with E-state index in [0.29, 0.717) is 5.56 Å². The molecule has 7 nitrogen and oxygen atoms in total. The van der Waals surface area contributed by atoms with Gasteiger partial charge in [0.2, 0.25) is 10.9 Å². The molecule has 0 saturated carbocycles. The third-order valence-corrected chi connectivity index (χ3v) is 9.27. The van der Waals surface area contributed by atoms with Gasteiger partial charge in [0.05, 0.1) is 22.0 Å². The second-order valence-electron chi connectivity index (χ2n) is 9.96. The molecule has 2 heterocycles. The van der Waals surface area contributed by atoms with Crippen LogP contribution in [0, 0.1) is 6.92 Å². The highest BCUT2D eigenvalue weighted by Crippen LogP contribution is 2.50. The van der Waals surface area contributed by atoms with E-state index in [2.05, 4.69) is 5.32 Å². The number of fused-ring (bicyclic) bond motifs is 1. The molecule has 1 unspecified atom stereocenters. The average molecular weight is 517 g/mol. The topological polar surface area (TPSA) is 92.8 Å². The van der Waals surface area contributed by atoms with Crippen LogP contribution >= 0.6 is 0 Å². The third kappa shape index (κ3) is 4.15. The van der Waals surface area contributed by atoms with Gasteiger partial charge in [-0.15, -0.1) is 0 Å². The maximum atomic E-state index is 13.8. The number of hydrogen-bond acceptors (Lipinski definition) is 5. The van der Waals surface area contributed by atoms with Gasteiger partial charge >= 0.3 is 5.97 Å². The quantitative estimate of drug-likeness (QED) is 0.397. The maximum absolute atomic E-state index is 13.8. The van der Waals surface area contributed by atoms with Gasteiger partial charge in [-0.1, -0.05) is 78.4 Å². The lowest BCUT2D eigenvalue weighted by molar-refractivity contribution is -0.170. The largest absolute Gasteiger partial charge is 0.451 e. The molecule has 2 fully saturated rings. The van der Waals surface area contributed by atoms with E-state index in [1.807, 2.05) is 67.6 Å². The average Bonchev–Trinajstić information content (AvgIpc) is 3.03. The van der Waals surface area contributed by atoms with Crippen LogP contribution in [-0.2, 0) is 25.1 Å². The highest BCUT2D eigenvalue weighted by Gasteiger charge is 2.73. The molecule has 3 aromatic carbocycles. The zero-order valence-electron chi connectivity index (χ0n) is 20.8. The molecule has 0 spiro atoms. The predicted molar refractivity (Wildman–Crippen MR) is 140 cm³/mol. The van der Waals surface area contributed by atoms with Crippen molar-refractivity contribution in [1.82, 2.24) is 10.2 Å². The van der Waals surface area contributed by atoms with E-state index in [1.54, 1.807) is 38.1 Å². The standard InChI is InChI=1S/C29H28N2O5S/c1-19-14-16-22(17-15-19)26(33)30-29-18-23(32)31(29)25(28(2,3)37(29)35)27(34)36-24(20-10-6-4-7-11-20)21-12-8-5-9-13-21/h4-17,24-25H,18H2,1-3H3,(H,30,33)/t25-,29?,37+/m0/s1. The van der Waals surface area contributed by atoms with Crippen molar-refractivity contribution in [2.24, 2.45) is 0 Å². The lowest BCUT2D eigenvalue weighted by Crippen LogP contribution is -2.72. The third-order valence-electron chi connectivity index (χ3n) is 7.03. The SMILES string of the molecule is Cc1ccc(C(=O)NC23CC(=O)N2[C@@H](C(=O)OC(c2ccccc2)c2ccccc2)C(C)(C)[S@]3=O)cc1. The summed E-state index contributed by atoms with van der Waals surface area (Å²) in [6, 6.07) is 24.5. The first kappa shape index (κ1) is 24.9. The highest BCUT2D eigenvalue weighted by molar-refractivity contribution is 7.88. The fourth-order valence-electron chi connectivity index (χ4n) is 5.10. The van der Waals surface area contributed by atoms with Crippen LogP contribution in [0.2, 0.25) is 0 Å². The number of esters is 1. The molecule has 3 aromatic rings. The molecule has 0 radical (unpaired) electrons. The van der Waals surface area contributed by atoms with E-state index in [0.717, 1.165) is 16.7 Å². The summed E-state index contributed by atoms with van der Waals surface area (Å²) >= 11 is 0. The van der Waals surface area contributed by atoms with Crippen LogP contribution in [0.3, 0.4) is 0 Å². The van der Waals surface area contributed by atoms with E-state index in [-0.39, 0.29) is 12.3 Å². The van der Waals surface area contributed by atoms with Crippen molar-refractivity contribution in [2.45, 2.75) is 49.1 Å². The van der Waals surface area contributed by atoms with Crippen LogP contribution in [0.1, 0.15) is 53.4 Å². The lowest BCUT2D eigenvalue weighted by atomic mass is 9.95. The molecular weight excluding hydrogens is 488 g/mol. The van der Waals surface area contributed by atoms with Crippen molar-refractivity contribution in [3.63, 3.8) is 0 Å². The first-order valence-corrected chi connectivity index (χ1v) is 13.2. The van der Waals surface area contributed by atoms with E-state index in [4.69, 9.17) is 4.74 Å². The Morgan fingerprint density at radius 1 is 0.946 bits per heavy atom. The smallest absolute Gasteiger partial charge is 0.331 e. The van der Waals surface area contributed by atoms with Gasteiger partial charge in [-0.25, -0.2) is 4.79 Å². The van der Waals surface area contributed by atoms with Crippen LogP contribution < -0.4 is 5.32 Å². The van der Waals surface area contributed by atoms with Crippen molar-refractivity contribution >= 4 is 28.6 Å². The first-order chi connectivity index (χ1) is 17.6. The van der Waals surface area contributed by atoms with Crippen molar-refractivity contribution in [1.29, 1.82) is 0 Å². The summed E-state index contributed by atoms with van der Waals surface area (Å²) < 4.78 is 18.7. The fraction of sp³-hybridized carbons (Fsp3) is 0.276. The number of nitrogens with zero attached hydrogens (tertiary/aromatic N) is 1. The van der Waals surface area contributed by atoms with Crippen molar-refractivity contribution in [3.8, 4) is 0 Å². The number of hydrogen-bond donors (Lipinski definition) is 1. The molecule has 3 atom stereocenters.